The fraction of sp³-hybridized carbons (Fsp3) is 0.273. The molecule has 2 rings (SSSR count). The second-order valence-corrected chi connectivity index (χ2v) is 5.98. The highest BCUT2D eigenvalue weighted by molar-refractivity contribution is 9.09. The van der Waals surface area contributed by atoms with Gasteiger partial charge in [0.25, 0.3) is 0 Å². The van der Waals surface area contributed by atoms with Gasteiger partial charge in [0.15, 0.2) is 5.22 Å². The summed E-state index contributed by atoms with van der Waals surface area (Å²) in [6.07, 6.45) is 0. The third-order valence-corrected chi connectivity index (χ3v) is 4.79. The van der Waals surface area contributed by atoms with E-state index in [-0.39, 0.29) is 4.83 Å². The maximum absolute atomic E-state index is 5.75. The molecule has 2 aromatic rings. The van der Waals surface area contributed by atoms with E-state index >= 15 is 0 Å². The van der Waals surface area contributed by atoms with Gasteiger partial charge < -0.3 is 4.42 Å². The highest BCUT2D eigenvalue weighted by atomic mass is 79.9. The van der Waals surface area contributed by atoms with Crippen molar-refractivity contribution < 1.29 is 4.42 Å². The summed E-state index contributed by atoms with van der Waals surface area (Å²) < 4.78 is 5.39. The topological polar surface area (TPSA) is 13.1 Å². The molecule has 1 nitrogen and oxygen atoms in total. The molecule has 1 unspecified atom stereocenters. The molecule has 0 spiro atoms. The molecular weight excluding hydrogens is 296 g/mol. The van der Waals surface area contributed by atoms with Crippen LogP contribution >= 0.6 is 38.9 Å². The molecule has 0 saturated heterocycles. The van der Waals surface area contributed by atoms with Crippen LogP contribution in [0.2, 0.25) is 5.22 Å². The van der Waals surface area contributed by atoms with Crippen LogP contribution in [0.4, 0.5) is 0 Å². The molecule has 0 aliphatic rings. The van der Waals surface area contributed by atoms with E-state index in [4.69, 9.17) is 16.0 Å². The minimum Gasteiger partial charge on any atom is -0.448 e. The third-order valence-electron chi connectivity index (χ3n) is 2.15. The Balaban J connectivity index is 2.35. The van der Waals surface area contributed by atoms with Crippen LogP contribution in [0.3, 0.4) is 0 Å². The lowest BCUT2D eigenvalue weighted by molar-refractivity contribution is 0.522. The quantitative estimate of drug-likeness (QED) is 0.704. The van der Waals surface area contributed by atoms with Gasteiger partial charge in [-0.15, -0.1) is 11.3 Å². The van der Waals surface area contributed by atoms with Gasteiger partial charge in [-0.1, -0.05) is 15.9 Å². The number of halogens is 2. The van der Waals surface area contributed by atoms with E-state index in [2.05, 4.69) is 35.8 Å². The Labute approximate surface area is 106 Å². The van der Waals surface area contributed by atoms with Crippen LogP contribution in [0.25, 0.3) is 0 Å². The molecule has 1 atom stereocenters. The summed E-state index contributed by atoms with van der Waals surface area (Å²) in [6.45, 7) is 4.22. The molecule has 0 aliphatic carbocycles. The van der Waals surface area contributed by atoms with E-state index in [1.54, 1.807) is 17.4 Å². The van der Waals surface area contributed by atoms with Gasteiger partial charge in [0.05, 0.1) is 0 Å². The Kier molecular flexibility index (Phi) is 3.24. The number of hydrogen-bond donors (Lipinski definition) is 0. The summed E-state index contributed by atoms with van der Waals surface area (Å²) in [5.74, 6) is 0.852. The SMILES string of the molecule is Cc1cc(C)c(C(Br)c2ccc(Cl)o2)s1. The Morgan fingerprint density at radius 1 is 1.40 bits per heavy atom. The summed E-state index contributed by atoms with van der Waals surface area (Å²) in [6, 6.07) is 5.84. The molecule has 4 heteroatoms. The van der Waals surface area contributed by atoms with Gasteiger partial charge in [0, 0.05) is 9.75 Å². The monoisotopic (exact) mass is 304 g/mol. The molecular formula is C11H10BrClOS. The number of furan rings is 1. The fourth-order valence-corrected chi connectivity index (χ4v) is 3.57. The zero-order valence-electron chi connectivity index (χ0n) is 8.38. The number of thiophene rings is 1. The van der Waals surface area contributed by atoms with Crippen LogP contribution in [0.5, 0.6) is 0 Å². The van der Waals surface area contributed by atoms with Crippen molar-refractivity contribution in [3.05, 3.63) is 44.5 Å². The molecule has 0 amide bonds. The average molecular weight is 306 g/mol. The summed E-state index contributed by atoms with van der Waals surface area (Å²) in [5.41, 5.74) is 1.28. The molecule has 0 aromatic carbocycles. The van der Waals surface area contributed by atoms with Crippen molar-refractivity contribution in [3.8, 4) is 0 Å². The van der Waals surface area contributed by atoms with E-state index < -0.39 is 0 Å². The molecule has 0 saturated carbocycles. The van der Waals surface area contributed by atoms with Gasteiger partial charge in [-0.3, -0.25) is 0 Å². The number of hydrogen-bond acceptors (Lipinski definition) is 2. The van der Waals surface area contributed by atoms with Gasteiger partial charge in [-0.25, -0.2) is 0 Å². The molecule has 80 valence electrons. The van der Waals surface area contributed by atoms with Crippen molar-refractivity contribution in [3.63, 3.8) is 0 Å². The normalized spacial score (nSPS) is 13.1. The van der Waals surface area contributed by atoms with Gasteiger partial charge in [0.1, 0.15) is 10.6 Å². The Hall–Kier alpha value is -0.250. The first kappa shape index (κ1) is 11.2. The Morgan fingerprint density at radius 3 is 2.60 bits per heavy atom. The van der Waals surface area contributed by atoms with Crippen LogP contribution in [-0.4, -0.2) is 0 Å². The van der Waals surface area contributed by atoms with Crippen LogP contribution in [0.1, 0.15) is 25.9 Å². The minimum absolute atomic E-state index is 0.101. The molecule has 0 aliphatic heterocycles. The molecule has 2 heterocycles. The van der Waals surface area contributed by atoms with Crippen LogP contribution in [-0.2, 0) is 0 Å². The lowest BCUT2D eigenvalue weighted by atomic mass is 10.2. The van der Waals surface area contributed by atoms with Gasteiger partial charge in [-0.2, -0.15) is 0 Å². The molecule has 2 aromatic heterocycles. The number of aryl methyl sites for hydroxylation is 2. The molecule has 0 fully saturated rings. The maximum Gasteiger partial charge on any atom is 0.193 e. The Morgan fingerprint density at radius 2 is 2.13 bits per heavy atom. The van der Waals surface area contributed by atoms with Crippen molar-refractivity contribution >= 4 is 38.9 Å². The second kappa shape index (κ2) is 4.32. The molecule has 0 N–H and O–H groups in total. The highest BCUT2D eigenvalue weighted by Crippen LogP contribution is 2.38. The summed E-state index contributed by atoms with van der Waals surface area (Å²) >= 11 is 11.2. The van der Waals surface area contributed by atoms with Crippen molar-refractivity contribution in [2.45, 2.75) is 18.7 Å². The van der Waals surface area contributed by atoms with Crippen molar-refractivity contribution in [2.75, 3.05) is 0 Å². The smallest absolute Gasteiger partial charge is 0.193 e. The first-order valence-electron chi connectivity index (χ1n) is 4.54. The summed E-state index contributed by atoms with van der Waals surface area (Å²) in [5, 5.41) is 0.431. The predicted molar refractivity (Wildman–Crippen MR) is 68.3 cm³/mol. The number of rotatable bonds is 2. The van der Waals surface area contributed by atoms with Gasteiger partial charge in [0.2, 0.25) is 0 Å². The second-order valence-electron chi connectivity index (χ2n) is 3.41. The third kappa shape index (κ3) is 2.30. The van der Waals surface area contributed by atoms with Crippen LogP contribution < -0.4 is 0 Å². The van der Waals surface area contributed by atoms with E-state index in [0.717, 1.165) is 5.76 Å². The largest absolute Gasteiger partial charge is 0.448 e. The highest BCUT2D eigenvalue weighted by Gasteiger charge is 2.18. The van der Waals surface area contributed by atoms with Crippen molar-refractivity contribution in [1.29, 1.82) is 0 Å². The molecule has 0 bridgehead atoms. The zero-order chi connectivity index (χ0) is 11.0. The minimum atomic E-state index is 0.101. The van der Waals surface area contributed by atoms with Gasteiger partial charge in [-0.05, 0) is 49.2 Å². The van der Waals surface area contributed by atoms with E-state index in [9.17, 15) is 0 Å². The average Bonchev–Trinajstić information content (AvgIpc) is 2.71. The first-order chi connectivity index (χ1) is 7.08. The van der Waals surface area contributed by atoms with E-state index in [1.807, 2.05) is 6.07 Å². The molecule has 0 radical (unpaired) electrons. The zero-order valence-corrected chi connectivity index (χ0v) is 11.5. The number of alkyl halides is 1. The predicted octanol–water partition coefficient (Wildman–Crippen LogP) is 5.10. The van der Waals surface area contributed by atoms with Crippen LogP contribution in [0, 0.1) is 13.8 Å². The maximum atomic E-state index is 5.75. The van der Waals surface area contributed by atoms with Crippen LogP contribution in [0.15, 0.2) is 22.6 Å². The lowest BCUT2D eigenvalue weighted by Crippen LogP contribution is -1.88. The van der Waals surface area contributed by atoms with Gasteiger partial charge >= 0.3 is 0 Å². The van der Waals surface area contributed by atoms with Crippen molar-refractivity contribution in [2.24, 2.45) is 0 Å². The standard InChI is InChI=1S/C11H10BrClOS/c1-6-5-7(2)15-11(6)10(12)8-3-4-9(13)14-8/h3-5,10H,1-2H3. The summed E-state index contributed by atoms with van der Waals surface area (Å²) in [4.78, 5) is 2.69. The lowest BCUT2D eigenvalue weighted by Gasteiger charge is -2.05. The first-order valence-corrected chi connectivity index (χ1v) is 6.65. The van der Waals surface area contributed by atoms with E-state index in [1.165, 1.54) is 15.3 Å². The van der Waals surface area contributed by atoms with E-state index in [0.29, 0.717) is 5.22 Å². The van der Waals surface area contributed by atoms with Crippen molar-refractivity contribution in [1.82, 2.24) is 0 Å². The summed E-state index contributed by atoms with van der Waals surface area (Å²) in [7, 11) is 0. The Bertz CT molecular complexity index is 475. The molecule has 15 heavy (non-hydrogen) atoms. The fourth-order valence-electron chi connectivity index (χ4n) is 1.50.